The molecule has 2 aliphatic rings. The maximum absolute atomic E-state index is 13.5. The number of unbranched alkanes of at least 4 members (excludes halogenated alkanes) is 1. The van der Waals surface area contributed by atoms with E-state index in [4.69, 9.17) is 4.74 Å². The predicted octanol–water partition coefficient (Wildman–Crippen LogP) is 5.88. The van der Waals surface area contributed by atoms with Gasteiger partial charge >= 0.3 is 0 Å². The summed E-state index contributed by atoms with van der Waals surface area (Å²) in [6.45, 7) is 1.13. The number of fused-ring (bicyclic) bond motifs is 1. The quantitative estimate of drug-likeness (QED) is 0.268. The van der Waals surface area contributed by atoms with Crippen LogP contribution < -0.4 is 9.64 Å². The van der Waals surface area contributed by atoms with Crippen LogP contribution in [0.3, 0.4) is 0 Å². The van der Waals surface area contributed by atoms with Crippen LogP contribution in [0.4, 0.5) is 5.13 Å². The molecule has 1 saturated carbocycles. The highest BCUT2D eigenvalue weighted by Gasteiger charge is 2.36. The largest absolute Gasteiger partial charge is 0.475 e. The molecule has 2 aromatic heterocycles. The Labute approximate surface area is 242 Å². The van der Waals surface area contributed by atoms with Crippen molar-refractivity contribution in [2.24, 2.45) is 0 Å². The van der Waals surface area contributed by atoms with Gasteiger partial charge in [0, 0.05) is 37.5 Å². The maximum atomic E-state index is 13.5. The number of anilines is 1. The molecular weight excluding hydrogens is 546 g/mol. The standard InChI is InChI=1S/C30H35N3O5S2/c34-18-7-6-16-32(21-10-2-1-3-11-21)26(35)15-8-17-33(29(37)25-14-9-19-39-25)30-31-23(20-40-30)28-27(36)22-12-4-5-13-24(22)38-28/h4-5,9,12-14,19-21,28,34H,1-3,6-8,10-11,15-18H2. The minimum absolute atomic E-state index is 0.107. The number of thiazole rings is 1. The molecule has 1 fully saturated rings. The predicted molar refractivity (Wildman–Crippen MR) is 156 cm³/mol. The Morgan fingerprint density at radius 2 is 1.82 bits per heavy atom. The maximum Gasteiger partial charge on any atom is 0.270 e. The van der Waals surface area contributed by atoms with Crippen molar-refractivity contribution >= 4 is 45.4 Å². The second-order valence-corrected chi connectivity index (χ2v) is 12.0. The summed E-state index contributed by atoms with van der Waals surface area (Å²) in [5.74, 6) is 0.338. The lowest BCUT2D eigenvalue weighted by Crippen LogP contribution is -2.42. The number of carbonyl (C=O) groups excluding carboxylic acids is 3. The van der Waals surface area contributed by atoms with Gasteiger partial charge < -0.3 is 14.7 Å². The number of aliphatic hydroxyl groups excluding tert-OH is 1. The highest BCUT2D eigenvalue weighted by atomic mass is 32.1. The van der Waals surface area contributed by atoms with Crippen LogP contribution >= 0.6 is 22.7 Å². The number of aromatic nitrogens is 1. The van der Waals surface area contributed by atoms with Crippen molar-refractivity contribution < 1.29 is 24.2 Å². The summed E-state index contributed by atoms with van der Waals surface area (Å²) >= 11 is 2.66. The zero-order valence-corrected chi connectivity index (χ0v) is 24.1. The zero-order valence-electron chi connectivity index (χ0n) is 22.5. The molecular formula is C30H35N3O5S2. The van der Waals surface area contributed by atoms with E-state index in [-0.39, 0.29) is 30.2 Å². The summed E-state index contributed by atoms with van der Waals surface area (Å²) in [6.07, 6.45) is 7.03. The summed E-state index contributed by atoms with van der Waals surface area (Å²) in [4.78, 5) is 48.7. The Bertz CT molecular complexity index is 1300. The lowest BCUT2D eigenvalue weighted by atomic mass is 9.93. The monoisotopic (exact) mass is 581 g/mol. The number of amides is 2. The SMILES string of the molecule is O=C1c2ccccc2OC1c1csc(N(CCCC(=O)N(CCCCO)C2CCCCC2)C(=O)c2cccs2)n1. The molecule has 1 unspecified atom stereocenters. The summed E-state index contributed by atoms with van der Waals surface area (Å²) in [5, 5.41) is 13.3. The average molecular weight is 582 g/mol. The summed E-state index contributed by atoms with van der Waals surface area (Å²) in [5.41, 5.74) is 1.02. The van der Waals surface area contributed by atoms with Crippen LogP contribution in [0.15, 0.2) is 47.2 Å². The fraction of sp³-hybridized carbons (Fsp3) is 0.467. The van der Waals surface area contributed by atoms with Gasteiger partial charge in [0.15, 0.2) is 5.13 Å². The van der Waals surface area contributed by atoms with Crippen LogP contribution in [0.25, 0.3) is 0 Å². The van der Waals surface area contributed by atoms with Crippen LogP contribution in [0.2, 0.25) is 0 Å². The second-order valence-electron chi connectivity index (χ2n) is 10.3. The number of carbonyl (C=O) groups is 3. The third-order valence-electron chi connectivity index (χ3n) is 7.54. The first-order chi connectivity index (χ1) is 19.6. The molecule has 1 aromatic carbocycles. The zero-order chi connectivity index (χ0) is 27.9. The molecule has 3 aromatic rings. The lowest BCUT2D eigenvalue weighted by molar-refractivity contribution is -0.134. The van der Waals surface area contributed by atoms with Gasteiger partial charge in [0.2, 0.25) is 17.8 Å². The molecule has 212 valence electrons. The number of nitrogens with zero attached hydrogens (tertiary/aromatic N) is 3. The Kier molecular flexibility index (Phi) is 9.62. The number of ether oxygens (including phenoxy) is 1. The molecule has 1 aliphatic carbocycles. The van der Waals surface area contributed by atoms with E-state index in [1.807, 2.05) is 22.4 Å². The molecule has 2 amide bonds. The number of Topliss-reactive ketones (excluding diaryl/α,β-unsaturated/α-hetero) is 1. The van der Waals surface area contributed by atoms with E-state index in [0.29, 0.717) is 59.4 Å². The van der Waals surface area contributed by atoms with Gasteiger partial charge in [-0.15, -0.1) is 22.7 Å². The van der Waals surface area contributed by atoms with Gasteiger partial charge in [0.05, 0.1) is 10.4 Å². The lowest BCUT2D eigenvalue weighted by Gasteiger charge is -2.35. The van der Waals surface area contributed by atoms with E-state index in [2.05, 4.69) is 4.98 Å². The molecule has 0 saturated heterocycles. The average Bonchev–Trinajstić information content (AvgIpc) is 3.75. The van der Waals surface area contributed by atoms with Gasteiger partial charge in [-0.25, -0.2) is 4.98 Å². The smallest absolute Gasteiger partial charge is 0.270 e. The van der Waals surface area contributed by atoms with E-state index in [1.165, 1.54) is 29.1 Å². The number of para-hydroxylation sites is 1. The van der Waals surface area contributed by atoms with E-state index < -0.39 is 6.10 Å². The molecule has 1 aliphatic heterocycles. The van der Waals surface area contributed by atoms with Crippen LogP contribution in [-0.4, -0.2) is 58.3 Å². The summed E-state index contributed by atoms with van der Waals surface area (Å²) in [6, 6.07) is 11.0. The van der Waals surface area contributed by atoms with E-state index in [1.54, 1.807) is 34.5 Å². The van der Waals surface area contributed by atoms with Gasteiger partial charge in [-0.1, -0.05) is 37.5 Å². The van der Waals surface area contributed by atoms with Gasteiger partial charge in [-0.05, 0) is 55.7 Å². The number of hydrogen-bond donors (Lipinski definition) is 1. The third kappa shape index (κ3) is 6.45. The summed E-state index contributed by atoms with van der Waals surface area (Å²) < 4.78 is 5.90. The summed E-state index contributed by atoms with van der Waals surface area (Å²) in [7, 11) is 0. The van der Waals surface area contributed by atoms with Gasteiger partial charge in [-0.2, -0.15) is 0 Å². The minimum atomic E-state index is -0.828. The molecule has 0 bridgehead atoms. The molecule has 0 radical (unpaired) electrons. The highest BCUT2D eigenvalue weighted by Crippen LogP contribution is 2.38. The van der Waals surface area contributed by atoms with Gasteiger partial charge in [0.25, 0.3) is 5.91 Å². The molecule has 1 atom stereocenters. The van der Waals surface area contributed by atoms with Gasteiger partial charge in [0.1, 0.15) is 11.4 Å². The van der Waals surface area contributed by atoms with Crippen molar-refractivity contribution in [1.29, 1.82) is 0 Å². The minimum Gasteiger partial charge on any atom is -0.475 e. The first-order valence-corrected chi connectivity index (χ1v) is 15.8. The Morgan fingerprint density at radius 1 is 1.00 bits per heavy atom. The van der Waals surface area contributed by atoms with Crippen molar-refractivity contribution in [3.8, 4) is 5.75 Å². The molecule has 3 heterocycles. The van der Waals surface area contributed by atoms with Crippen molar-refractivity contribution in [3.63, 3.8) is 0 Å². The number of benzene rings is 1. The van der Waals surface area contributed by atoms with E-state index >= 15 is 0 Å². The molecule has 40 heavy (non-hydrogen) atoms. The van der Waals surface area contributed by atoms with Crippen molar-refractivity contribution in [2.45, 2.75) is 69.9 Å². The van der Waals surface area contributed by atoms with Crippen LogP contribution in [0, 0.1) is 0 Å². The van der Waals surface area contributed by atoms with Crippen LogP contribution in [0.1, 0.15) is 89.6 Å². The number of aliphatic hydroxyl groups is 1. The molecule has 10 heteroatoms. The highest BCUT2D eigenvalue weighted by molar-refractivity contribution is 7.14. The van der Waals surface area contributed by atoms with Gasteiger partial charge in [-0.3, -0.25) is 19.3 Å². The number of hydrogen-bond acceptors (Lipinski definition) is 8. The Morgan fingerprint density at radius 3 is 2.58 bits per heavy atom. The normalized spacial score (nSPS) is 16.9. The number of thiophene rings is 1. The third-order valence-corrected chi connectivity index (χ3v) is 9.28. The van der Waals surface area contributed by atoms with E-state index in [0.717, 1.165) is 32.1 Å². The van der Waals surface area contributed by atoms with Crippen molar-refractivity contribution in [1.82, 2.24) is 9.88 Å². The van der Waals surface area contributed by atoms with Crippen LogP contribution in [0.5, 0.6) is 5.75 Å². The molecule has 0 spiro atoms. The fourth-order valence-corrected chi connectivity index (χ4v) is 6.99. The molecule has 8 nitrogen and oxygen atoms in total. The Hall–Kier alpha value is -3.08. The number of ketones is 1. The van der Waals surface area contributed by atoms with E-state index in [9.17, 15) is 19.5 Å². The first kappa shape index (κ1) is 28.4. The Balaban J connectivity index is 1.28. The van der Waals surface area contributed by atoms with Crippen LogP contribution in [-0.2, 0) is 4.79 Å². The first-order valence-electron chi connectivity index (χ1n) is 14.1. The number of rotatable bonds is 12. The van der Waals surface area contributed by atoms with Crippen molar-refractivity contribution in [3.05, 3.63) is 63.3 Å². The molecule has 5 rings (SSSR count). The second kappa shape index (κ2) is 13.5. The topological polar surface area (TPSA) is 100 Å². The molecule has 1 N–H and O–H groups in total. The van der Waals surface area contributed by atoms with Crippen molar-refractivity contribution in [2.75, 3.05) is 24.6 Å². The fourth-order valence-electron chi connectivity index (χ4n) is 5.46.